The van der Waals surface area contributed by atoms with Crippen LogP contribution in [0.3, 0.4) is 0 Å². The maximum atomic E-state index is 9.70. The van der Waals surface area contributed by atoms with Crippen LogP contribution in [0.1, 0.15) is 45.1 Å². The van der Waals surface area contributed by atoms with Gasteiger partial charge in [-0.15, -0.1) is 0 Å². The number of nitrogens with zero attached hydrogens (tertiary/aromatic N) is 2. The standard InChI is InChI=1S/C21H35N3O/c1-17(2)15-23-11-7-19(8-12-23)22-21-6-4-3-5-18(21)16-24-13-9-20(25)10-14-24/h3-6,17,19-20,22,25H,7-16H2,1-2H3. The van der Waals surface area contributed by atoms with Crippen LogP contribution in [-0.2, 0) is 6.54 Å². The van der Waals surface area contributed by atoms with E-state index in [0.29, 0.717) is 6.04 Å². The number of benzene rings is 1. The molecule has 2 aliphatic rings. The Hall–Kier alpha value is -1.10. The first kappa shape index (κ1) is 18.7. The summed E-state index contributed by atoms with van der Waals surface area (Å²) < 4.78 is 0. The average molecular weight is 346 g/mol. The zero-order valence-corrected chi connectivity index (χ0v) is 16.0. The molecule has 1 aromatic rings. The van der Waals surface area contributed by atoms with Gasteiger partial charge in [0.15, 0.2) is 0 Å². The number of para-hydroxylation sites is 1. The average Bonchev–Trinajstić information content (AvgIpc) is 2.60. The van der Waals surface area contributed by atoms with Gasteiger partial charge in [-0.2, -0.15) is 0 Å². The fraction of sp³-hybridized carbons (Fsp3) is 0.714. The number of aliphatic hydroxyl groups is 1. The minimum atomic E-state index is -0.0966. The van der Waals surface area contributed by atoms with Crippen molar-refractivity contribution in [3.8, 4) is 0 Å². The molecule has 0 saturated carbocycles. The molecule has 0 amide bonds. The number of hydrogen-bond acceptors (Lipinski definition) is 4. The molecule has 0 unspecified atom stereocenters. The molecule has 2 N–H and O–H groups in total. The summed E-state index contributed by atoms with van der Waals surface area (Å²) in [6, 6.07) is 9.35. The molecule has 0 aliphatic carbocycles. The summed E-state index contributed by atoms with van der Waals surface area (Å²) in [5.41, 5.74) is 2.69. The summed E-state index contributed by atoms with van der Waals surface area (Å²) in [6.07, 6.45) is 4.18. The normalized spacial score (nSPS) is 21.8. The molecule has 3 rings (SSSR count). The monoisotopic (exact) mass is 345 g/mol. The quantitative estimate of drug-likeness (QED) is 0.831. The number of aliphatic hydroxyl groups excluding tert-OH is 1. The van der Waals surface area contributed by atoms with Crippen LogP contribution in [0.25, 0.3) is 0 Å². The van der Waals surface area contributed by atoms with E-state index in [-0.39, 0.29) is 6.10 Å². The van der Waals surface area contributed by atoms with Crippen LogP contribution >= 0.6 is 0 Å². The Morgan fingerprint density at radius 2 is 1.64 bits per heavy atom. The van der Waals surface area contributed by atoms with Crippen molar-refractivity contribution in [2.24, 2.45) is 5.92 Å². The van der Waals surface area contributed by atoms with Crippen LogP contribution in [0.5, 0.6) is 0 Å². The molecule has 2 fully saturated rings. The second kappa shape index (κ2) is 9.02. The summed E-state index contributed by atoms with van der Waals surface area (Å²) in [7, 11) is 0. The zero-order valence-electron chi connectivity index (χ0n) is 16.0. The topological polar surface area (TPSA) is 38.7 Å². The maximum absolute atomic E-state index is 9.70. The van der Waals surface area contributed by atoms with Crippen LogP contribution < -0.4 is 5.32 Å². The van der Waals surface area contributed by atoms with E-state index < -0.39 is 0 Å². The molecule has 0 spiro atoms. The highest BCUT2D eigenvalue weighted by Gasteiger charge is 2.21. The summed E-state index contributed by atoms with van der Waals surface area (Å²) in [6.45, 7) is 11.3. The van der Waals surface area contributed by atoms with E-state index in [0.717, 1.165) is 38.4 Å². The third-order valence-electron chi connectivity index (χ3n) is 5.54. The number of hydrogen-bond donors (Lipinski definition) is 2. The summed E-state index contributed by atoms with van der Waals surface area (Å²) >= 11 is 0. The predicted molar refractivity (Wildman–Crippen MR) is 105 cm³/mol. The van der Waals surface area contributed by atoms with Crippen molar-refractivity contribution in [1.29, 1.82) is 0 Å². The largest absolute Gasteiger partial charge is 0.393 e. The van der Waals surface area contributed by atoms with Crippen molar-refractivity contribution in [2.75, 3.05) is 38.0 Å². The number of nitrogens with one attached hydrogen (secondary N) is 1. The van der Waals surface area contributed by atoms with Gasteiger partial charge in [-0.05, 0) is 43.2 Å². The summed E-state index contributed by atoms with van der Waals surface area (Å²) in [4.78, 5) is 5.08. The lowest BCUT2D eigenvalue weighted by molar-refractivity contribution is 0.0793. The summed E-state index contributed by atoms with van der Waals surface area (Å²) in [5, 5.41) is 13.5. The number of piperidine rings is 2. The van der Waals surface area contributed by atoms with Gasteiger partial charge in [0, 0.05) is 51.0 Å². The highest BCUT2D eigenvalue weighted by Crippen LogP contribution is 2.23. The Kier molecular flexibility index (Phi) is 6.74. The van der Waals surface area contributed by atoms with Gasteiger partial charge in [-0.25, -0.2) is 0 Å². The van der Waals surface area contributed by atoms with E-state index in [4.69, 9.17) is 0 Å². The number of anilines is 1. The molecule has 0 aromatic heterocycles. The first-order valence-electron chi connectivity index (χ1n) is 10.1. The molecular formula is C21H35N3O. The van der Waals surface area contributed by atoms with Gasteiger partial charge < -0.3 is 15.3 Å². The minimum Gasteiger partial charge on any atom is -0.393 e. The third-order valence-corrected chi connectivity index (χ3v) is 5.54. The SMILES string of the molecule is CC(C)CN1CCC(Nc2ccccc2CN2CCC(O)CC2)CC1. The van der Waals surface area contributed by atoms with Gasteiger partial charge in [0.1, 0.15) is 0 Å². The number of rotatable bonds is 6. The lowest BCUT2D eigenvalue weighted by Gasteiger charge is -2.34. The molecule has 4 heteroatoms. The van der Waals surface area contributed by atoms with E-state index in [1.54, 1.807) is 0 Å². The van der Waals surface area contributed by atoms with Gasteiger partial charge in [0.05, 0.1) is 6.10 Å². The Morgan fingerprint density at radius 1 is 1.00 bits per heavy atom. The fourth-order valence-electron chi connectivity index (χ4n) is 4.11. The Bertz CT molecular complexity index is 518. The van der Waals surface area contributed by atoms with E-state index >= 15 is 0 Å². The Morgan fingerprint density at radius 3 is 2.32 bits per heavy atom. The van der Waals surface area contributed by atoms with E-state index in [9.17, 15) is 5.11 Å². The van der Waals surface area contributed by atoms with E-state index in [2.05, 4.69) is 53.2 Å². The van der Waals surface area contributed by atoms with Gasteiger partial charge in [0.2, 0.25) is 0 Å². The summed E-state index contributed by atoms with van der Waals surface area (Å²) in [5.74, 6) is 0.758. The highest BCUT2D eigenvalue weighted by molar-refractivity contribution is 5.51. The molecule has 4 nitrogen and oxygen atoms in total. The smallest absolute Gasteiger partial charge is 0.0564 e. The highest BCUT2D eigenvalue weighted by atomic mass is 16.3. The first-order valence-corrected chi connectivity index (χ1v) is 10.1. The van der Waals surface area contributed by atoms with E-state index in [1.165, 1.54) is 43.7 Å². The van der Waals surface area contributed by atoms with Crippen LogP contribution in [0.4, 0.5) is 5.69 Å². The third kappa shape index (κ3) is 5.70. The lowest BCUT2D eigenvalue weighted by Crippen LogP contribution is -2.41. The van der Waals surface area contributed by atoms with Gasteiger partial charge in [-0.3, -0.25) is 4.90 Å². The molecule has 140 valence electrons. The Labute approximate surface area is 153 Å². The molecular weight excluding hydrogens is 310 g/mol. The van der Waals surface area contributed by atoms with E-state index in [1.807, 2.05) is 0 Å². The molecule has 0 radical (unpaired) electrons. The molecule has 25 heavy (non-hydrogen) atoms. The van der Waals surface area contributed by atoms with Crippen molar-refractivity contribution >= 4 is 5.69 Å². The maximum Gasteiger partial charge on any atom is 0.0564 e. The first-order chi connectivity index (χ1) is 12.1. The predicted octanol–water partition coefficient (Wildman–Crippen LogP) is 3.18. The van der Waals surface area contributed by atoms with Crippen molar-refractivity contribution in [3.63, 3.8) is 0 Å². The van der Waals surface area contributed by atoms with Crippen molar-refractivity contribution < 1.29 is 5.11 Å². The lowest BCUT2D eigenvalue weighted by atomic mass is 10.0. The molecule has 2 heterocycles. The van der Waals surface area contributed by atoms with Crippen molar-refractivity contribution in [3.05, 3.63) is 29.8 Å². The van der Waals surface area contributed by atoms with Gasteiger partial charge >= 0.3 is 0 Å². The molecule has 0 bridgehead atoms. The van der Waals surface area contributed by atoms with Crippen molar-refractivity contribution in [1.82, 2.24) is 9.80 Å². The van der Waals surface area contributed by atoms with Crippen molar-refractivity contribution in [2.45, 2.75) is 58.2 Å². The van der Waals surface area contributed by atoms with Gasteiger partial charge in [-0.1, -0.05) is 32.0 Å². The fourth-order valence-corrected chi connectivity index (χ4v) is 4.11. The van der Waals surface area contributed by atoms with Crippen LogP contribution in [0.2, 0.25) is 0 Å². The van der Waals surface area contributed by atoms with Gasteiger partial charge in [0.25, 0.3) is 0 Å². The second-order valence-electron chi connectivity index (χ2n) is 8.28. The van der Waals surface area contributed by atoms with Crippen LogP contribution in [0, 0.1) is 5.92 Å². The number of likely N-dealkylation sites (tertiary alicyclic amines) is 2. The second-order valence-corrected chi connectivity index (χ2v) is 8.28. The molecule has 2 aliphatic heterocycles. The molecule has 0 atom stereocenters. The molecule has 1 aromatic carbocycles. The molecule has 2 saturated heterocycles. The zero-order chi connectivity index (χ0) is 17.6. The van der Waals surface area contributed by atoms with Crippen LogP contribution in [-0.4, -0.2) is 59.8 Å². The minimum absolute atomic E-state index is 0.0966. The Balaban J connectivity index is 1.53. The van der Waals surface area contributed by atoms with Crippen LogP contribution in [0.15, 0.2) is 24.3 Å².